The van der Waals surface area contributed by atoms with Crippen LogP contribution in [0.4, 0.5) is 21.7 Å². The molecule has 2 atom stereocenters. The molecule has 3 aromatic rings. The zero-order valence-corrected chi connectivity index (χ0v) is 17.7. The largest absolute Gasteiger partial charge is 0.383 e. The fourth-order valence-corrected chi connectivity index (χ4v) is 3.23. The molecule has 1 amide bonds. The van der Waals surface area contributed by atoms with Crippen molar-refractivity contribution in [2.24, 2.45) is 11.5 Å². The molecule has 31 heavy (non-hydrogen) atoms. The van der Waals surface area contributed by atoms with Crippen molar-refractivity contribution in [3.8, 4) is 0 Å². The molecule has 0 radical (unpaired) electrons. The highest BCUT2D eigenvalue weighted by atomic mass is 19.1. The Bertz CT molecular complexity index is 1070. The molecule has 0 aliphatic carbocycles. The summed E-state index contributed by atoms with van der Waals surface area (Å²) < 4.78 is 21.5. The zero-order chi connectivity index (χ0) is 22.5. The van der Waals surface area contributed by atoms with Gasteiger partial charge in [-0.2, -0.15) is 5.10 Å². The monoisotopic (exact) mass is 430 g/mol. The van der Waals surface area contributed by atoms with Crippen LogP contribution in [0.15, 0.2) is 24.7 Å². The van der Waals surface area contributed by atoms with E-state index < -0.39 is 11.7 Å². The number of aromatic nitrogens is 4. The maximum Gasteiger partial charge on any atom is 0.252 e. The number of carbonyl (C=O) groups is 1. The van der Waals surface area contributed by atoms with Gasteiger partial charge in [0.25, 0.3) is 5.91 Å². The number of primary amides is 1. The van der Waals surface area contributed by atoms with E-state index in [4.69, 9.17) is 16.2 Å². The van der Waals surface area contributed by atoms with Crippen molar-refractivity contribution in [2.75, 3.05) is 24.4 Å². The minimum absolute atomic E-state index is 0.0208. The van der Waals surface area contributed by atoms with Crippen LogP contribution in [0, 0.1) is 5.82 Å². The van der Waals surface area contributed by atoms with Crippen molar-refractivity contribution in [1.29, 1.82) is 0 Å². The fraction of sp³-hybridized carbons (Fsp3) is 0.400. The molecule has 0 saturated heterocycles. The topological polar surface area (TPSA) is 146 Å². The van der Waals surface area contributed by atoms with Gasteiger partial charge in [0.05, 0.1) is 48.5 Å². The Balaban J connectivity index is 2.01. The molecule has 166 valence electrons. The van der Waals surface area contributed by atoms with Crippen LogP contribution in [-0.2, 0) is 11.3 Å². The summed E-state index contributed by atoms with van der Waals surface area (Å²) in [6.07, 6.45) is 5.59. The highest BCUT2D eigenvalue weighted by Crippen LogP contribution is 2.28. The number of halogens is 1. The van der Waals surface area contributed by atoms with Crippen LogP contribution in [0.2, 0.25) is 0 Å². The van der Waals surface area contributed by atoms with E-state index in [1.54, 1.807) is 30.4 Å². The molecule has 0 aliphatic rings. The van der Waals surface area contributed by atoms with Gasteiger partial charge in [0, 0.05) is 24.6 Å². The van der Waals surface area contributed by atoms with Gasteiger partial charge >= 0.3 is 0 Å². The van der Waals surface area contributed by atoms with Crippen molar-refractivity contribution in [3.63, 3.8) is 0 Å². The average Bonchev–Trinajstić information content (AvgIpc) is 3.15. The van der Waals surface area contributed by atoms with Crippen molar-refractivity contribution in [3.05, 3.63) is 36.0 Å². The van der Waals surface area contributed by atoms with Gasteiger partial charge in [-0.3, -0.25) is 14.5 Å². The first-order valence-electron chi connectivity index (χ1n) is 9.93. The molecular formula is C20H27FN8O2. The second-order valence-corrected chi connectivity index (χ2v) is 7.20. The molecule has 0 saturated carbocycles. The number of fused-ring (bicyclic) bond motifs is 1. The highest BCUT2D eigenvalue weighted by molar-refractivity contribution is 6.00. The lowest BCUT2D eigenvalue weighted by Gasteiger charge is -2.22. The summed E-state index contributed by atoms with van der Waals surface area (Å²) in [7, 11) is 1.61. The van der Waals surface area contributed by atoms with Crippen LogP contribution in [-0.4, -0.2) is 51.5 Å². The van der Waals surface area contributed by atoms with Crippen LogP contribution in [0.25, 0.3) is 10.9 Å². The van der Waals surface area contributed by atoms with Gasteiger partial charge < -0.3 is 26.8 Å². The minimum atomic E-state index is -0.810. The summed E-state index contributed by atoms with van der Waals surface area (Å²) >= 11 is 0. The van der Waals surface area contributed by atoms with E-state index in [2.05, 4.69) is 25.7 Å². The predicted molar refractivity (Wildman–Crippen MR) is 117 cm³/mol. The Labute approximate surface area is 179 Å². The number of amides is 1. The Morgan fingerprint density at radius 3 is 2.74 bits per heavy atom. The molecule has 0 aromatic carbocycles. The Morgan fingerprint density at radius 1 is 1.32 bits per heavy atom. The first kappa shape index (κ1) is 22.4. The maximum absolute atomic E-state index is 14.6. The van der Waals surface area contributed by atoms with Crippen molar-refractivity contribution < 1.29 is 13.9 Å². The normalized spacial score (nSPS) is 13.2. The van der Waals surface area contributed by atoms with Gasteiger partial charge in [-0.25, -0.2) is 9.37 Å². The molecule has 0 unspecified atom stereocenters. The van der Waals surface area contributed by atoms with E-state index in [1.807, 2.05) is 13.8 Å². The Kier molecular flexibility index (Phi) is 6.98. The fourth-order valence-electron chi connectivity index (χ4n) is 3.23. The predicted octanol–water partition coefficient (Wildman–Crippen LogP) is 1.99. The summed E-state index contributed by atoms with van der Waals surface area (Å²) in [6.45, 7) is 4.80. The van der Waals surface area contributed by atoms with Gasteiger partial charge in [-0.1, -0.05) is 6.92 Å². The van der Waals surface area contributed by atoms with E-state index in [0.717, 1.165) is 17.0 Å². The Hall–Kier alpha value is -3.31. The summed E-state index contributed by atoms with van der Waals surface area (Å²) in [4.78, 5) is 20.5. The number of rotatable bonds is 10. The molecule has 0 fully saturated rings. The highest BCUT2D eigenvalue weighted by Gasteiger charge is 2.20. The van der Waals surface area contributed by atoms with Gasteiger partial charge in [-0.15, -0.1) is 0 Å². The van der Waals surface area contributed by atoms with Gasteiger partial charge in [0.2, 0.25) is 0 Å². The van der Waals surface area contributed by atoms with E-state index in [0.29, 0.717) is 25.3 Å². The number of ether oxygens (including phenoxy) is 1. The standard InChI is InChI=1S/C20H27FN8O2/c1-4-15(11(2)22)26-20-14(21)7-12(18(23)30)19(28-20)27-16-9-24-10-17-13(16)8-25-29(17)5-6-31-3/h7-11,15H,4-6,22H2,1-3H3,(H2,23,30)(H2,26,27,28)/t11-,15+/m0/s1. The second kappa shape index (κ2) is 9.67. The van der Waals surface area contributed by atoms with Crippen molar-refractivity contribution >= 4 is 34.1 Å². The lowest BCUT2D eigenvalue weighted by molar-refractivity contribution is 0.100. The van der Waals surface area contributed by atoms with Crippen molar-refractivity contribution in [2.45, 2.75) is 38.9 Å². The van der Waals surface area contributed by atoms with Crippen molar-refractivity contribution in [1.82, 2.24) is 19.7 Å². The third kappa shape index (κ3) is 4.89. The number of pyridine rings is 2. The summed E-state index contributed by atoms with van der Waals surface area (Å²) in [5.41, 5.74) is 12.7. The first-order valence-corrected chi connectivity index (χ1v) is 9.93. The SMILES string of the molecule is CC[C@@H](Nc1nc(Nc2cncc3c2cnn3CCOC)c(C(N)=O)cc1F)[C@H](C)N. The summed E-state index contributed by atoms with van der Waals surface area (Å²) in [5, 5.41) is 11.2. The van der Waals surface area contributed by atoms with E-state index in [9.17, 15) is 9.18 Å². The molecular weight excluding hydrogens is 403 g/mol. The third-order valence-electron chi connectivity index (χ3n) is 4.97. The van der Waals surface area contributed by atoms with E-state index in [-0.39, 0.29) is 29.3 Å². The summed E-state index contributed by atoms with van der Waals surface area (Å²) in [5.74, 6) is -1.42. The van der Waals surface area contributed by atoms with Crippen LogP contribution >= 0.6 is 0 Å². The molecule has 6 N–H and O–H groups in total. The molecule has 0 bridgehead atoms. The van der Waals surface area contributed by atoms with Crippen LogP contribution in [0.1, 0.15) is 30.6 Å². The lowest BCUT2D eigenvalue weighted by atomic mass is 10.1. The molecule has 10 nitrogen and oxygen atoms in total. The number of hydrogen-bond acceptors (Lipinski definition) is 8. The quantitative estimate of drug-likeness (QED) is 0.382. The first-order chi connectivity index (χ1) is 14.8. The van der Waals surface area contributed by atoms with Crippen LogP contribution < -0.4 is 22.1 Å². The number of methoxy groups -OCH3 is 1. The number of anilines is 3. The van der Waals surface area contributed by atoms with Crippen LogP contribution in [0.5, 0.6) is 0 Å². The molecule has 3 heterocycles. The average molecular weight is 430 g/mol. The van der Waals surface area contributed by atoms with Gasteiger partial charge in [0.15, 0.2) is 11.6 Å². The molecule has 0 spiro atoms. The molecule has 3 aromatic heterocycles. The second-order valence-electron chi connectivity index (χ2n) is 7.20. The van der Waals surface area contributed by atoms with Gasteiger partial charge in [-0.05, 0) is 19.4 Å². The molecule has 0 aliphatic heterocycles. The number of nitrogens with two attached hydrogens (primary N) is 2. The Morgan fingerprint density at radius 2 is 2.10 bits per heavy atom. The van der Waals surface area contributed by atoms with Crippen LogP contribution in [0.3, 0.4) is 0 Å². The number of nitrogens with one attached hydrogen (secondary N) is 2. The minimum Gasteiger partial charge on any atom is -0.383 e. The molecule has 11 heteroatoms. The number of carbonyl (C=O) groups excluding carboxylic acids is 1. The maximum atomic E-state index is 14.6. The smallest absolute Gasteiger partial charge is 0.252 e. The summed E-state index contributed by atoms with van der Waals surface area (Å²) in [6, 6.07) is 0.636. The van der Waals surface area contributed by atoms with Gasteiger partial charge in [0.1, 0.15) is 5.82 Å². The zero-order valence-electron chi connectivity index (χ0n) is 17.7. The third-order valence-corrected chi connectivity index (χ3v) is 4.97. The van der Waals surface area contributed by atoms with E-state index in [1.165, 1.54) is 0 Å². The lowest BCUT2D eigenvalue weighted by Crippen LogP contribution is -2.38. The number of nitrogens with zero attached hydrogens (tertiary/aromatic N) is 4. The van der Waals surface area contributed by atoms with E-state index >= 15 is 0 Å². The number of hydrogen-bond donors (Lipinski definition) is 4. The molecule has 3 rings (SSSR count).